The summed E-state index contributed by atoms with van der Waals surface area (Å²) in [4.78, 5) is 0. The van der Waals surface area contributed by atoms with E-state index < -0.39 is 0 Å². The number of rotatable bonds is 18. The smallest absolute Gasteiger partial charge is 0.0466 e. The van der Waals surface area contributed by atoms with Crippen LogP contribution in [0.2, 0.25) is 0 Å². The predicted molar refractivity (Wildman–Crippen MR) is 105 cm³/mol. The van der Waals surface area contributed by atoms with E-state index in [1.165, 1.54) is 89.9 Å². The summed E-state index contributed by atoms with van der Waals surface area (Å²) in [7, 11) is 0. The number of hydrogen-bond donors (Lipinski definition) is 0. The zero-order chi connectivity index (χ0) is 17.2. The predicted octanol–water partition coefficient (Wildman–Crippen LogP) is 7.92. The first-order valence-electron chi connectivity index (χ1n) is 10.8. The molecule has 0 rings (SSSR count). The molecule has 0 aliphatic rings. The fraction of sp³-hybridized carbons (Fsp3) is 1.00. The molecule has 1 nitrogen and oxygen atoms in total. The monoisotopic (exact) mass is 326 g/mol. The Kier molecular flexibility index (Phi) is 16.8. The Hall–Kier alpha value is -0.0400. The molecule has 0 fully saturated rings. The van der Waals surface area contributed by atoms with E-state index in [9.17, 15) is 0 Å². The Morgan fingerprint density at radius 1 is 0.478 bits per heavy atom. The van der Waals surface area contributed by atoms with Crippen molar-refractivity contribution >= 4 is 0 Å². The highest BCUT2D eigenvalue weighted by molar-refractivity contribution is 4.78. The molecule has 0 spiro atoms. The highest BCUT2D eigenvalue weighted by Crippen LogP contribution is 2.40. The summed E-state index contributed by atoms with van der Waals surface area (Å²) in [6, 6.07) is 0. The molecule has 0 N–H and O–H groups in total. The molecule has 0 radical (unpaired) electrons. The Morgan fingerprint density at radius 2 is 0.957 bits per heavy atom. The van der Waals surface area contributed by atoms with E-state index in [4.69, 9.17) is 4.74 Å². The fourth-order valence-electron chi connectivity index (χ4n) is 4.18. The maximum absolute atomic E-state index is 5.53. The molecule has 0 unspecified atom stereocenters. The molecule has 0 aliphatic heterocycles. The average Bonchev–Trinajstić information content (AvgIpc) is 2.53. The van der Waals surface area contributed by atoms with Crippen LogP contribution in [0.1, 0.15) is 124 Å². The molecule has 0 aromatic heterocycles. The number of hydrogen-bond acceptors (Lipinski definition) is 1. The van der Waals surface area contributed by atoms with Crippen molar-refractivity contribution in [3.8, 4) is 0 Å². The van der Waals surface area contributed by atoms with Gasteiger partial charge in [-0.15, -0.1) is 0 Å². The van der Waals surface area contributed by atoms with Gasteiger partial charge in [-0.2, -0.15) is 0 Å². The largest absolute Gasteiger partial charge is 0.381 e. The molecule has 0 saturated carbocycles. The van der Waals surface area contributed by atoms with Gasteiger partial charge >= 0.3 is 0 Å². The highest BCUT2D eigenvalue weighted by Gasteiger charge is 2.26. The van der Waals surface area contributed by atoms with E-state index >= 15 is 0 Å². The second kappa shape index (κ2) is 16.8. The molecular formula is C22H46O. The quantitative estimate of drug-likeness (QED) is 0.232. The highest BCUT2D eigenvalue weighted by atomic mass is 16.5. The fourth-order valence-corrected chi connectivity index (χ4v) is 4.18. The standard InChI is InChI=1S/C22H46O/c1-5-16-22(17-6-2,18-7-3)19-14-12-10-9-11-13-15-21-23-20-8-4/h5-21H2,1-4H3. The van der Waals surface area contributed by atoms with Gasteiger partial charge in [0, 0.05) is 13.2 Å². The van der Waals surface area contributed by atoms with Crippen molar-refractivity contribution in [3.05, 3.63) is 0 Å². The van der Waals surface area contributed by atoms with Crippen LogP contribution < -0.4 is 0 Å². The number of ether oxygens (including phenoxy) is 1. The topological polar surface area (TPSA) is 9.23 Å². The maximum atomic E-state index is 5.53. The minimum Gasteiger partial charge on any atom is -0.381 e. The van der Waals surface area contributed by atoms with Crippen molar-refractivity contribution in [2.24, 2.45) is 5.41 Å². The van der Waals surface area contributed by atoms with Crippen LogP contribution in [0.3, 0.4) is 0 Å². The zero-order valence-corrected chi connectivity index (χ0v) is 16.9. The first kappa shape index (κ1) is 23.0. The lowest BCUT2D eigenvalue weighted by molar-refractivity contribution is 0.130. The molecule has 0 heterocycles. The third-order valence-electron chi connectivity index (χ3n) is 5.19. The molecule has 0 atom stereocenters. The summed E-state index contributed by atoms with van der Waals surface area (Å²) in [6.07, 6.45) is 20.9. The van der Waals surface area contributed by atoms with Crippen molar-refractivity contribution in [2.45, 2.75) is 124 Å². The van der Waals surface area contributed by atoms with Gasteiger partial charge in [0.25, 0.3) is 0 Å². The van der Waals surface area contributed by atoms with Crippen LogP contribution in [-0.2, 0) is 4.74 Å². The van der Waals surface area contributed by atoms with Crippen LogP contribution in [0.5, 0.6) is 0 Å². The lowest BCUT2D eigenvalue weighted by Gasteiger charge is -2.34. The van der Waals surface area contributed by atoms with Crippen molar-refractivity contribution in [3.63, 3.8) is 0 Å². The Labute approximate surface area is 148 Å². The first-order valence-corrected chi connectivity index (χ1v) is 10.8. The minimum absolute atomic E-state index is 0.675. The van der Waals surface area contributed by atoms with Gasteiger partial charge in [0.2, 0.25) is 0 Å². The van der Waals surface area contributed by atoms with Gasteiger partial charge in [0.15, 0.2) is 0 Å². The third-order valence-corrected chi connectivity index (χ3v) is 5.19. The molecule has 0 aromatic rings. The van der Waals surface area contributed by atoms with Gasteiger partial charge in [0.05, 0.1) is 0 Å². The van der Waals surface area contributed by atoms with Crippen molar-refractivity contribution in [1.82, 2.24) is 0 Å². The van der Waals surface area contributed by atoms with Gasteiger partial charge < -0.3 is 4.74 Å². The Morgan fingerprint density at radius 3 is 1.43 bits per heavy atom. The van der Waals surface area contributed by atoms with Crippen LogP contribution in [0.4, 0.5) is 0 Å². The lowest BCUT2D eigenvalue weighted by atomic mass is 9.72. The van der Waals surface area contributed by atoms with Crippen LogP contribution >= 0.6 is 0 Å². The molecule has 23 heavy (non-hydrogen) atoms. The normalized spacial score (nSPS) is 12.0. The Balaban J connectivity index is 3.65. The van der Waals surface area contributed by atoms with Crippen molar-refractivity contribution in [1.29, 1.82) is 0 Å². The van der Waals surface area contributed by atoms with E-state index in [0.717, 1.165) is 19.6 Å². The van der Waals surface area contributed by atoms with Crippen LogP contribution in [-0.4, -0.2) is 13.2 Å². The van der Waals surface area contributed by atoms with E-state index in [-0.39, 0.29) is 0 Å². The molecule has 1 heteroatoms. The van der Waals surface area contributed by atoms with Gasteiger partial charge in [-0.3, -0.25) is 0 Å². The summed E-state index contributed by atoms with van der Waals surface area (Å²) in [6.45, 7) is 11.2. The van der Waals surface area contributed by atoms with Gasteiger partial charge in [-0.1, -0.05) is 85.5 Å². The third kappa shape index (κ3) is 13.0. The zero-order valence-electron chi connectivity index (χ0n) is 16.9. The van der Waals surface area contributed by atoms with Crippen molar-refractivity contribution < 1.29 is 4.74 Å². The van der Waals surface area contributed by atoms with Crippen molar-refractivity contribution in [2.75, 3.05) is 13.2 Å². The van der Waals surface area contributed by atoms with Gasteiger partial charge in [0.1, 0.15) is 0 Å². The maximum Gasteiger partial charge on any atom is 0.0466 e. The van der Waals surface area contributed by atoms with Crippen LogP contribution in [0.25, 0.3) is 0 Å². The van der Waals surface area contributed by atoms with Crippen LogP contribution in [0.15, 0.2) is 0 Å². The molecule has 0 saturated heterocycles. The minimum atomic E-state index is 0.675. The Bertz CT molecular complexity index is 207. The summed E-state index contributed by atoms with van der Waals surface area (Å²) in [5, 5.41) is 0. The van der Waals surface area contributed by atoms with Crippen LogP contribution in [0, 0.1) is 5.41 Å². The molecule has 140 valence electrons. The SMILES string of the molecule is CCCOCCCCCCCCCC(CCC)(CCC)CCC. The molecular weight excluding hydrogens is 280 g/mol. The van der Waals surface area contributed by atoms with E-state index in [0.29, 0.717) is 5.41 Å². The average molecular weight is 327 g/mol. The number of unbranched alkanes of at least 4 members (excludes halogenated alkanes) is 6. The molecule has 0 amide bonds. The summed E-state index contributed by atoms with van der Waals surface area (Å²) < 4.78 is 5.53. The van der Waals surface area contributed by atoms with Gasteiger partial charge in [-0.25, -0.2) is 0 Å². The van der Waals surface area contributed by atoms with E-state index in [2.05, 4.69) is 27.7 Å². The second-order valence-electron chi connectivity index (χ2n) is 7.59. The van der Waals surface area contributed by atoms with E-state index in [1.807, 2.05) is 0 Å². The molecule has 0 aliphatic carbocycles. The van der Waals surface area contributed by atoms with Gasteiger partial charge in [-0.05, 0) is 43.9 Å². The lowest BCUT2D eigenvalue weighted by Crippen LogP contribution is -2.20. The van der Waals surface area contributed by atoms with E-state index in [1.54, 1.807) is 0 Å². The first-order chi connectivity index (χ1) is 11.2. The molecule has 0 bridgehead atoms. The molecule has 0 aromatic carbocycles. The summed E-state index contributed by atoms with van der Waals surface area (Å²) in [5.41, 5.74) is 0.675. The second-order valence-corrected chi connectivity index (χ2v) is 7.59. The summed E-state index contributed by atoms with van der Waals surface area (Å²) >= 11 is 0. The summed E-state index contributed by atoms with van der Waals surface area (Å²) in [5.74, 6) is 0.